The van der Waals surface area contributed by atoms with Gasteiger partial charge in [-0.15, -0.1) is 0 Å². The smallest absolute Gasteiger partial charge is 0.0631 e. The van der Waals surface area contributed by atoms with E-state index in [0.717, 1.165) is 5.33 Å². The van der Waals surface area contributed by atoms with E-state index in [9.17, 15) is 0 Å². The van der Waals surface area contributed by atoms with Gasteiger partial charge in [-0.1, -0.05) is 15.9 Å². The minimum absolute atomic E-state index is 0.150. The number of ether oxygens (including phenoxy) is 1. The van der Waals surface area contributed by atoms with Crippen molar-refractivity contribution in [1.29, 1.82) is 0 Å². The molecule has 1 fully saturated rings. The van der Waals surface area contributed by atoms with Gasteiger partial charge in [0.1, 0.15) is 0 Å². The minimum atomic E-state index is 0.150. The molecule has 1 saturated heterocycles. The maximum absolute atomic E-state index is 5.83. The van der Waals surface area contributed by atoms with E-state index in [1.165, 1.54) is 25.7 Å². The van der Waals surface area contributed by atoms with Gasteiger partial charge < -0.3 is 4.74 Å². The molecule has 1 nitrogen and oxygen atoms in total. The van der Waals surface area contributed by atoms with Gasteiger partial charge in [-0.2, -0.15) is 0 Å². The van der Waals surface area contributed by atoms with Crippen molar-refractivity contribution in [3.05, 3.63) is 0 Å². The number of hydrogen-bond acceptors (Lipinski definition) is 1. The summed E-state index contributed by atoms with van der Waals surface area (Å²) in [6.07, 6.45) is 5.46. The Hall–Kier alpha value is 0.440. The second-order valence-electron chi connectivity index (χ2n) is 3.87. The zero-order valence-corrected chi connectivity index (χ0v) is 8.99. The molecule has 1 unspecified atom stereocenters. The van der Waals surface area contributed by atoms with E-state index in [1.807, 2.05) is 0 Å². The highest BCUT2D eigenvalue weighted by Crippen LogP contribution is 2.31. The molecule has 0 aromatic rings. The second kappa shape index (κ2) is 3.90. The Morgan fingerprint density at radius 2 is 2.27 bits per heavy atom. The van der Waals surface area contributed by atoms with Crippen molar-refractivity contribution in [3.8, 4) is 0 Å². The summed E-state index contributed by atoms with van der Waals surface area (Å²) in [5.41, 5.74) is 0.150. The number of hydrogen-bond donors (Lipinski definition) is 0. The van der Waals surface area contributed by atoms with Crippen LogP contribution in [-0.2, 0) is 4.74 Å². The molecule has 1 rings (SSSR count). The molecule has 0 N–H and O–H groups in total. The highest BCUT2D eigenvalue weighted by Gasteiger charge is 2.30. The normalized spacial score (nSPS) is 29.2. The first-order valence-electron chi connectivity index (χ1n) is 4.38. The maximum Gasteiger partial charge on any atom is 0.0631 e. The first kappa shape index (κ1) is 9.53. The summed E-state index contributed by atoms with van der Waals surface area (Å²) < 4.78 is 5.83. The topological polar surface area (TPSA) is 9.23 Å². The van der Waals surface area contributed by atoms with Crippen LogP contribution in [0.15, 0.2) is 0 Å². The lowest BCUT2D eigenvalue weighted by Gasteiger charge is -2.18. The number of alkyl halides is 1. The summed E-state index contributed by atoms with van der Waals surface area (Å²) in [7, 11) is 0. The molecular weight excluding hydrogens is 204 g/mol. The van der Waals surface area contributed by atoms with Crippen molar-refractivity contribution in [2.24, 2.45) is 0 Å². The van der Waals surface area contributed by atoms with Crippen LogP contribution in [0.4, 0.5) is 0 Å². The van der Waals surface area contributed by atoms with Gasteiger partial charge in [0.15, 0.2) is 0 Å². The van der Waals surface area contributed by atoms with Crippen molar-refractivity contribution in [2.45, 2.75) is 51.2 Å². The molecule has 1 heterocycles. The van der Waals surface area contributed by atoms with Crippen LogP contribution in [0.1, 0.15) is 39.5 Å². The molecule has 0 radical (unpaired) electrons. The number of rotatable bonds is 3. The van der Waals surface area contributed by atoms with Crippen LogP contribution >= 0.6 is 15.9 Å². The summed E-state index contributed by atoms with van der Waals surface area (Å²) in [6, 6.07) is 0. The summed E-state index contributed by atoms with van der Waals surface area (Å²) in [4.78, 5) is 0. The quantitative estimate of drug-likeness (QED) is 0.665. The van der Waals surface area contributed by atoms with Gasteiger partial charge in [-0.3, -0.25) is 0 Å². The van der Waals surface area contributed by atoms with Gasteiger partial charge >= 0.3 is 0 Å². The molecule has 1 aliphatic rings. The molecular formula is C9H17BrO. The predicted molar refractivity (Wildman–Crippen MR) is 51.2 cm³/mol. The standard InChI is InChI=1S/C9H17BrO/c1-9(2)6-5-8(11-9)4-3-7-10/h8H,3-7H2,1-2H3. The molecule has 2 heteroatoms. The van der Waals surface area contributed by atoms with E-state index >= 15 is 0 Å². The molecule has 0 saturated carbocycles. The van der Waals surface area contributed by atoms with Crippen molar-refractivity contribution >= 4 is 15.9 Å². The third-order valence-electron chi connectivity index (χ3n) is 2.21. The fourth-order valence-corrected chi connectivity index (χ4v) is 1.91. The Kier molecular flexibility index (Phi) is 3.38. The van der Waals surface area contributed by atoms with Gasteiger partial charge in [0.25, 0.3) is 0 Å². The molecule has 11 heavy (non-hydrogen) atoms. The first-order chi connectivity index (χ1) is 5.14. The average molecular weight is 221 g/mol. The number of halogens is 1. The van der Waals surface area contributed by atoms with Crippen molar-refractivity contribution in [2.75, 3.05) is 5.33 Å². The molecule has 66 valence electrons. The van der Waals surface area contributed by atoms with E-state index < -0.39 is 0 Å². The fraction of sp³-hybridized carbons (Fsp3) is 1.00. The Morgan fingerprint density at radius 3 is 2.73 bits per heavy atom. The van der Waals surface area contributed by atoms with E-state index in [1.54, 1.807) is 0 Å². The van der Waals surface area contributed by atoms with Gasteiger partial charge in [-0.25, -0.2) is 0 Å². The van der Waals surface area contributed by atoms with E-state index in [2.05, 4.69) is 29.8 Å². The van der Waals surface area contributed by atoms with E-state index in [0.29, 0.717) is 6.10 Å². The zero-order chi connectivity index (χ0) is 8.32. The monoisotopic (exact) mass is 220 g/mol. The summed E-state index contributed by atoms with van der Waals surface area (Å²) in [5.74, 6) is 0. The van der Waals surface area contributed by atoms with Crippen LogP contribution in [0.3, 0.4) is 0 Å². The molecule has 0 aliphatic carbocycles. The lowest BCUT2D eigenvalue weighted by atomic mass is 10.0. The summed E-state index contributed by atoms with van der Waals surface area (Å²) >= 11 is 3.43. The van der Waals surface area contributed by atoms with Crippen LogP contribution in [0.5, 0.6) is 0 Å². The highest BCUT2D eigenvalue weighted by atomic mass is 79.9. The van der Waals surface area contributed by atoms with Crippen LogP contribution in [0.25, 0.3) is 0 Å². The molecule has 1 aliphatic heterocycles. The lowest BCUT2D eigenvalue weighted by molar-refractivity contribution is -0.0182. The predicted octanol–water partition coefficient (Wildman–Crippen LogP) is 3.12. The van der Waals surface area contributed by atoms with E-state index in [4.69, 9.17) is 4.74 Å². The van der Waals surface area contributed by atoms with Crippen molar-refractivity contribution < 1.29 is 4.74 Å². The van der Waals surface area contributed by atoms with Gasteiger partial charge in [0, 0.05) is 5.33 Å². The molecule has 0 spiro atoms. The van der Waals surface area contributed by atoms with Crippen LogP contribution < -0.4 is 0 Å². The van der Waals surface area contributed by atoms with Crippen LogP contribution in [0.2, 0.25) is 0 Å². The van der Waals surface area contributed by atoms with Gasteiger partial charge in [0.05, 0.1) is 11.7 Å². The molecule has 0 bridgehead atoms. The van der Waals surface area contributed by atoms with Gasteiger partial charge in [-0.05, 0) is 39.5 Å². The average Bonchev–Trinajstić information content (AvgIpc) is 2.26. The molecule has 0 aromatic heterocycles. The van der Waals surface area contributed by atoms with E-state index in [-0.39, 0.29) is 5.60 Å². The highest BCUT2D eigenvalue weighted by molar-refractivity contribution is 9.09. The Balaban J connectivity index is 2.20. The maximum atomic E-state index is 5.83. The van der Waals surface area contributed by atoms with Crippen molar-refractivity contribution in [3.63, 3.8) is 0 Å². The third kappa shape index (κ3) is 3.12. The minimum Gasteiger partial charge on any atom is -0.372 e. The Labute approximate surface area is 77.6 Å². The van der Waals surface area contributed by atoms with Crippen LogP contribution in [0, 0.1) is 0 Å². The largest absolute Gasteiger partial charge is 0.372 e. The third-order valence-corrected chi connectivity index (χ3v) is 2.77. The van der Waals surface area contributed by atoms with Gasteiger partial charge in [0.2, 0.25) is 0 Å². The zero-order valence-electron chi connectivity index (χ0n) is 7.40. The first-order valence-corrected chi connectivity index (χ1v) is 5.50. The second-order valence-corrected chi connectivity index (χ2v) is 4.66. The molecule has 0 amide bonds. The fourth-order valence-electron chi connectivity index (χ4n) is 1.59. The summed E-state index contributed by atoms with van der Waals surface area (Å²) in [5, 5.41) is 1.10. The molecule has 0 aromatic carbocycles. The van der Waals surface area contributed by atoms with Crippen molar-refractivity contribution in [1.82, 2.24) is 0 Å². The Morgan fingerprint density at radius 1 is 1.55 bits per heavy atom. The molecule has 1 atom stereocenters. The lowest BCUT2D eigenvalue weighted by Crippen LogP contribution is -2.19. The van der Waals surface area contributed by atoms with Crippen LogP contribution in [-0.4, -0.2) is 17.0 Å². The summed E-state index contributed by atoms with van der Waals surface area (Å²) in [6.45, 7) is 4.36. The SMILES string of the molecule is CC1(C)CCC(CCCBr)O1. The Bertz CT molecular complexity index is 123.